The number of nitrogens with zero attached hydrogens (tertiary/aromatic N) is 1. The predicted octanol–water partition coefficient (Wildman–Crippen LogP) is 2.96. The van der Waals surface area contributed by atoms with Crippen molar-refractivity contribution >= 4 is 5.91 Å². The molecule has 2 aromatic rings. The molecule has 1 fully saturated rings. The molecule has 1 amide bonds. The highest BCUT2D eigenvalue weighted by molar-refractivity contribution is 5.79. The lowest BCUT2D eigenvalue weighted by molar-refractivity contribution is -0.133. The average Bonchev–Trinajstić information content (AvgIpc) is 2.96. The molecule has 24 heavy (non-hydrogen) atoms. The number of halogens is 1. The SMILES string of the molecule is CC(Cc1cccc(F)c1)C(=O)N1C[C@@H](N)[C@H](c2ccccc2)C1. The lowest BCUT2D eigenvalue weighted by Gasteiger charge is -2.21. The van der Waals surface area contributed by atoms with Crippen molar-refractivity contribution in [1.29, 1.82) is 0 Å². The molecule has 1 unspecified atom stereocenters. The van der Waals surface area contributed by atoms with Crippen molar-refractivity contribution < 1.29 is 9.18 Å². The third kappa shape index (κ3) is 3.65. The quantitative estimate of drug-likeness (QED) is 0.939. The first-order valence-electron chi connectivity index (χ1n) is 8.38. The molecule has 3 atom stereocenters. The molecule has 0 bridgehead atoms. The maximum Gasteiger partial charge on any atom is 0.225 e. The van der Waals surface area contributed by atoms with Gasteiger partial charge >= 0.3 is 0 Å². The Morgan fingerprint density at radius 1 is 1.21 bits per heavy atom. The smallest absolute Gasteiger partial charge is 0.225 e. The van der Waals surface area contributed by atoms with Crippen LogP contribution in [0.25, 0.3) is 0 Å². The molecule has 0 spiro atoms. The van der Waals surface area contributed by atoms with E-state index in [4.69, 9.17) is 5.73 Å². The summed E-state index contributed by atoms with van der Waals surface area (Å²) in [7, 11) is 0. The van der Waals surface area contributed by atoms with Crippen molar-refractivity contribution in [2.75, 3.05) is 13.1 Å². The van der Waals surface area contributed by atoms with E-state index in [-0.39, 0.29) is 29.6 Å². The van der Waals surface area contributed by atoms with Gasteiger partial charge in [-0.25, -0.2) is 4.39 Å². The number of hydrogen-bond donors (Lipinski definition) is 1. The van der Waals surface area contributed by atoms with Crippen molar-refractivity contribution in [3.05, 3.63) is 71.5 Å². The van der Waals surface area contributed by atoms with E-state index in [0.717, 1.165) is 5.56 Å². The normalized spacial score (nSPS) is 21.7. The maximum absolute atomic E-state index is 13.3. The van der Waals surface area contributed by atoms with E-state index in [2.05, 4.69) is 12.1 Å². The topological polar surface area (TPSA) is 46.3 Å². The number of carbonyl (C=O) groups is 1. The van der Waals surface area contributed by atoms with Gasteiger partial charge in [0.1, 0.15) is 5.82 Å². The summed E-state index contributed by atoms with van der Waals surface area (Å²) in [6.07, 6.45) is 0.540. The molecule has 3 nitrogen and oxygen atoms in total. The molecule has 0 radical (unpaired) electrons. The number of hydrogen-bond acceptors (Lipinski definition) is 2. The van der Waals surface area contributed by atoms with Crippen molar-refractivity contribution in [2.45, 2.75) is 25.3 Å². The molecule has 1 saturated heterocycles. The van der Waals surface area contributed by atoms with Crippen LogP contribution in [-0.4, -0.2) is 29.9 Å². The fourth-order valence-corrected chi connectivity index (χ4v) is 3.48. The van der Waals surface area contributed by atoms with Crippen LogP contribution < -0.4 is 5.73 Å². The second-order valence-corrected chi connectivity index (χ2v) is 6.66. The van der Waals surface area contributed by atoms with E-state index in [1.54, 1.807) is 6.07 Å². The summed E-state index contributed by atoms with van der Waals surface area (Å²) in [4.78, 5) is 14.6. The maximum atomic E-state index is 13.3. The van der Waals surface area contributed by atoms with Gasteiger partial charge < -0.3 is 10.6 Å². The highest BCUT2D eigenvalue weighted by Crippen LogP contribution is 2.27. The Bertz CT molecular complexity index is 704. The summed E-state index contributed by atoms with van der Waals surface area (Å²) in [6.45, 7) is 3.12. The molecule has 3 rings (SSSR count). The zero-order valence-electron chi connectivity index (χ0n) is 13.9. The Morgan fingerprint density at radius 3 is 2.67 bits per heavy atom. The summed E-state index contributed by atoms with van der Waals surface area (Å²) in [5, 5.41) is 0. The van der Waals surface area contributed by atoms with E-state index in [9.17, 15) is 9.18 Å². The Morgan fingerprint density at radius 2 is 1.96 bits per heavy atom. The van der Waals surface area contributed by atoms with Crippen molar-refractivity contribution in [3.8, 4) is 0 Å². The molecule has 4 heteroatoms. The molecular weight excluding hydrogens is 303 g/mol. The van der Waals surface area contributed by atoms with Crippen LogP contribution >= 0.6 is 0 Å². The van der Waals surface area contributed by atoms with E-state index in [1.165, 1.54) is 17.7 Å². The summed E-state index contributed by atoms with van der Waals surface area (Å²) in [5.41, 5.74) is 8.29. The summed E-state index contributed by atoms with van der Waals surface area (Å²) >= 11 is 0. The number of rotatable bonds is 4. The zero-order chi connectivity index (χ0) is 17.1. The van der Waals surface area contributed by atoms with Gasteiger partial charge in [0.25, 0.3) is 0 Å². The van der Waals surface area contributed by atoms with E-state index in [0.29, 0.717) is 19.5 Å². The lowest BCUT2D eigenvalue weighted by atomic mass is 9.95. The van der Waals surface area contributed by atoms with Crippen LogP contribution in [0.4, 0.5) is 4.39 Å². The monoisotopic (exact) mass is 326 g/mol. The zero-order valence-corrected chi connectivity index (χ0v) is 13.9. The van der Waals surface area contributed by atoms with Gasteiger partial charge in [-0.15, -0.1) is 0 Å². The highest BCUT2D eigenvalue weighted by Gasteiger charge is 2.35. The van der Waals surface area contributed by atoms with Gasteiger partial charge in [0, 0.05) is 31.0 Å². The van der Waals surface area contributed by atoms with Crippen LogP contribution in [0.2, 0.25) is 0 Å². The molecule has 0 aliphatic carbocycles. The van der Waals surface area contributed by atoms with Crippen molar-refractivity contribution in [3.63, 3.8) is 0 Å². The summed E-state index contributed by atoms with van der Waals surface area (Å²) < 4.78 is 13.3. The minimum Gasteiger partial charge on any atom is -0.340 e. The first kappa shape index (κ1) is 16.7. The summed E-state index contributed by atoms with van der Waals surface area (Å²) in [5.74, 6) is -0.183. The Kier molecular flexibility index (Phi) is 4.95. The number of amides is 1. The fraction of sp³-hybridized carbons (Fsp3) is 0.350. The molecule has 0 saturated carbocycles. The molecule has 1 heterocycles. The number of benzene rings is 2. The lowest BCUT2D eigenvalue weighted by Crippen LogP contribution is -2.36. The first-order valence-corrected chi connectivity index (χ1v) is 8.38. The molecular formula is C20H23FN2O. The first-order chi connectivity index (χ1) is 11.5. The van der Waals surface area contributed by atoms with Crippen molar-refractivity contribution in [2.24, 2.45) is 11.7 Å². The Hall–Kier alpha value is -2.20. The van der Waals surface area contributed by atoms with Gasteiger partial charge in [-0.2, -0.15) is 0 Å². The Balaban J connectivity index is 1.65. The minimum absolute atomic E-state index is 0.0438. The van der Waals surface area contributed by atoms with Crippen molar-refractivity contribution in [1.82, 2.24) is 4.90 Å². The summed E-state index contributed by atoms with van der Waals surface area (Å²) in [6, 6.07) is 16.5. The second kappa shape index (κ2) is 7.14. The van der Waals surface area contributed by atoms with Crippen LogP contribution in [0.3, 0.4) is 0 Å². The van der Waals surface area contributed by atoms with Crippen LogP contribution in [0.5, 0.6) is 0 Å². The van der Waals surface area contributed by atoms with E-state index < -0.39 is 0 Å². The van der Waals surface area contributed by atoms with Gasteiger partial charge in [-0.05, 0) is 29.7 Å². The third-order valence-electron chi connectivity index (χ3n) is 4.76. The van der Waals surface area contributed by atoms with Crippen LogP contribution in [0.1, 0.15) is 24.0 Å². The minimum atomic E-state index is -0.264. The average molecular weight is 326 g/mol. The van der Waals surface area contributed by atoms with Crippen LogP contribution in [0, 0.1) is 11.7 Å². The molecule has 0 aromatic heterocycles. The van der Waals surface area contributed by atoms with Gasteiger partial charge in [0.05, 0.1) is 0 Å². The molecule has 2 aromatic carbocycles. The molecule has 126 valence electrons. The van der Waals surface area contributed by atoms with Gasteiger partial charge in [0.2, 0.25) is 5.91 Å². The van der Waals surface area contributed by atoms with Gasteiger partial charge in [-0.1, -0.05) is 49.4 Å². The predicted molar refractivity (Wildman–Crippen MR) is 93.0 cm³/mol. The second-order valence-electron chi connectivity index (χ2n) is 6.66. The molecule has 2 N–H and O–H groups in total. The number of nitrogens with two attached hydrogens (primary N) is 1. The highest BCUT2D eigenvalue weighted by atomic mass is 19.1. The van der Waals surface area contributed by atoms with Crippen LogP contribution in [0.15, 0.2) is 54.6 Å². The standard InChI is InChI=1S/C20H23FN2O/c1-14(10-15-6-5-9-17(21)11-15)20(24)23-12-18(19(22)13-23)16-7-3-2-4-8-16/h2-9,11,14,18-19H,10,12-13,22H2,1H3/t14?,18-,19+/m0/s1. The van der Waals surface area contributed by atoms with Crippen LogP contribution in [-0.2, 0) is 11.2 Å². The van der Waals surface area contributed by atoms with E-state index in [1.807, 2.05) is 36.1 Å². The molecule has 1 aliphatic rings. The third-order valence-corrected chi connectivity index (χ3v) is 4.76. The Labute approximate surface area is 142 Å². The van der Waals surface area contributed by atoms with E-state index >= 15 is 0 Å². The van der Waals surface area contributed by atoms with Gasteiger partial charge in [0.15, 0.2) is 0 Å². The molecule has 1 aliphatic heterocycles. The number of carbonyl (C=O) groups excluding carboxylic acids is 1. The largest absolute Gasteiger partial charge is 0.340 e. The number of likely N-dealkylation sites (tertiary alicyclic amines) is 1. The fourth-order valence-electron chi connectivity index (χ4n) is 3.48. The van der Waals surface area contributed by atoms with Gasteiger partial charge in [-0.3, -0.25) is 4.79 Å².